The molecule has 2 aliphatic heterocycles. The van der Waals surface area contributed by atoms with Crippen molar-refractivity contribution in [1.29, 1.82) is 0 Å². The monoisotopic (exact) mass is 757 g/mol. The lowest BCUT2D eigenvalue weighted by Crippen LogP contribution is -2.68. The number of rotatable bonds is 10. The first-order valence-corrected chi connectivity index (χ1v) is 19.1. The molecule has 0 radical (unpaired) electrons. The van der Waals surface area contributed by atoms with Gasteiger partial charge in [-0.25, -0.2) is 0 Å². The Labute approximate surface area is 310 Å². The minimum atomic E-state index is -4.81. The van der Waals surface area contributed by atoms with E-state index in [0.717, 1.165) is 23.2 Å². The number of aliphatic carboxylic acids is 1. The number of carbonyl (C=O) groups excluding carboxylic acids is 2. The van der Waals surface area contributed by atoms with Crippen LogP contribution >= 0.6 is 11.3 Å². The molecule has 6 rings (SSSR count). The van der Waals surface area contributed by atoms with Gasteiger partial charge < -0.3 is 29.5 Å². The molecule has 2 amide bonds. The van der Waals surface area contributed by atoms with E-state index in [-0.39, 0.29) is 50.9 Å². The Balaban J connectivity index is 1.28. The second-order valence-electron chi connectivity index (χ2n) is 14.9. The molecule has 4 heterocycles. The van der Waals surface area contributed by atoms with Crippen molar-refractivity contribution >= 4 is 29.1 Å². The van der Waals surface area contributed by atoms with Crippen LogP contribution in [0, 0.1) is 12.3 Å². The molecule has 14 heteroatoms. The predicted octanol–water partition coefficient (Wildman–Crippen LogP) is 7.23. The number of aryl methyl sites for hydroxylation is 1. The zero-order valence-corrected chi connectivity index (χ0v) is 31.0. The summed E-state index contributed by atoms with van der Waals surface area (Å²) < 4.78 is 55.2. The summed E-state index contributed by atoms with van der Waals surface area (Å²) in [4.78, 5) is 48.7. The number of hydrogen-bond acceptors (Lipinski definition) is 8. The number of carboxylic acid groups (broad SMARTS) is 1. The summed E-state index contributed by atoms with van der Waals surface area (Å²) in [7, 11) is 0. The second-order valence-corrected chi connectivity index (χ2v) is 16.0. The van der Waals surface area contributed by atoms with Crippen molar-refractivity contribution in [3.63, 3.8) is 0 Å². The van der Waals surface area contributed by atoms with Crippen LogP contribution in [0.25, 0.3) is 0 Å². The maximum absolute atomic E-state index is 15.0. The van der Waals surface area contributed by atoms with E-state index in [4.69, 9.17) is 9.47 Å². The number of aromatic nitrogens is 1. The lowest BCUT2D eigenvalue weighted by atomic mass is 9.78. The summed E-state index contributed by atoms with van der Waals surface area (Å²) >= 11 is 1.43. The largest absolute Gasteiger partial charge is 0.490 e. The summed E-state index contributed by atoms with van der Waals surface area (Å²) in [5, 5.41) is 23.6. The highest BCUT2D eigenvalue weighted by Crippen LogP contribution is 2.45. The van der Waals surface area contributed by atoms with Gasteiger partial charge in [0.1, 0.15) is 17.2 Å². The van der Waals surface area contributed by atoms with Crippen molar-refractivity contribution < 1.29 is 47.2 Å². The maximum atomic E-state index is 15.0. The smallest absolute Gasteiger partial charge is 0.418 e. The molecule has 1 aromatic carbocycles. The summed E-state index contributed by atoms with van der Waals surface area (Å²) in [6.07, 6.45) is -0.907. The van der Waals surface area contributed by atoms with E-state index in [2.05, 4.69) is 4.98 Å². The van der Waals surface area contributed by atoms with Crippen LogP contribution in [0.5, 0.6) is 11.5 Å². The van der Waals surface area contributed by atoms with Gasteiger partial charge >= 0.3 is 12.1 Å². The van der Waals surface area contributed by atoms with Crippen LogP contribution in [0.3, 0.4) is 0 Å². The number of nitrogens with zero attached hydrogens (tertiary/aromatic N) is 3. The average molecular weight is 758 g/mol. The highest BCUT2D eigenvalue weighted by molar-refractivity contribution is 7.10. The number of halogens is 3. The first-order chi connectivity index (χ1) is 25.1. The fourth-order valence-corrected chi connectivity index (χ4v) is 8.86. The zero-order valence-electron chi connectivity index (χ0n) is 30.2. The molecule has 10 nitrogen and oxygen atoms in total. The summed E-state index contributed by atoms with van der Waals surface area (Å²) in [6, 6.07) is 10.0. The number of thiophene rings is 1. The third-order valence-electron chi connectivity index (χ3n) is 11.1. The van der Waals surface area contributed by atoms with Gasteiger partial charge in [-0.05, 0) is 76.6 Å². The standard InChI is InChI=1S/C39H46F3N3O7S/c1-4-9-31-38(52-27-22-25(2)53-24-27,14-8-19-45(31)33(46)32-29(39(40,41)42)11-7-18-43-32)34(47)44-20-16-37(50,17-21-44)28-10-5-6-12-30(28)51-26-13-15-36(3,23-26)35(48)49/h5-7,10-12,18,22,24,26,31,50H,4,8-9,13-17,19-21,23H2,1-3H3,(H,48,49)/t26-,31-,36-,38+/m1/s1. The SMILES string of the molecule is CCC[C@H]1N(C(=O)c2ncccc2C(F)(F)F)CCC[C@@]1(Oc1csc(C)c1)C(=O)N1CCC(O)(c2ccccc2O[C@@H]2CC[C@@](C)(C(=O)O)C2)CC1. The predicted molar refractivity (Wildman–Crippen MR) is 191 cm³/mol. The van der Waals surface area contributed by atoms with Crippen LogP contribution in [-0.2, 0) is 21.4 Å². The minimum absolute atomic E-state index is 0.127. The number of pyridine rings is 1. The number of carbonyl (C=O) groups is 3. The number of benzene rings is 1. The van der Waals surface area contributed by atoms with Crippen molar-refractivity contribution in [2.24, 2.45) is 5.41 Å². The number of carboxylic acids is 1. The lowest BCUT2D eigenvalue weighted by molar-refractivity contribution is -0.163. The number of ether oxygens (including phenoxy) is 2. The molecule has 286 valence electrons. The van der Waals surface area contributed by atoms with Gasteiger partial charge in [-0.1, -0.05) is 31.5 Å². The van der Waals surface area contributed by atoms with Crippen molar-refractivity contribution in [2.45, 2.75) is 108 Å². The van der Waals surface area contributed by atoms with Crippen LogP contribution in [0.4, 0.5) is 13.2 Å². The Morgan fingerprint density at radius 1 is 1.06 bits per heavy atom. The molecule has 2 N–H and O–H groups in total. The molecule has 1 aliphatic carbocycles. The van der Waals surface area contributed by atoms with Crippen LogP contribution in [0.1, 0.15) is 98.1 Å². The van der Waals surface area contributed by atoms with Crippen molar-refractivity contribution in [2.75, 3.05) is 19.6 Å². The second kappa shape index (κ2) is 14.9. The van der Waals surface area contributed by atoms with E-state index in [1.165, 1.54) is 16.2 Å². The lowest BCUT2D eigenvalue weighted by Gasteiger charge is -2.51. The number of likely N-dealkylation sites (tertiary alicyclic amines) is 2. The summed E-state index contributed by atoms with van der Waals surface area (Å²) in [5.74, 6) is -1.25. The van der Waals surface area contributed by atoms with Gasteiger partial charge in [0.15, 0.2) is 0 Å². The molecule has 0 spiro atoms. The first kappa shape index (κ1) is 38.6. The molecule has 3 aliphatic rings. The van der Waals surface area contributed by atoms with Crippen LogP contribution < -0.4 is 9.47 Å². The van der Waals surface area contributed by atoms with E-state index in [0.29, 0.717) is 55.6 Å². The summed E-state index contributed by atoms with van der Waals surface area (Å²) in [6.45, 7) is 5.91. The number of piperidine rings is 2. The molecular formula is C39H46F3N3O7S. The van der Waals surface area contributed by atoms with E-state index >= 15 is 0 Å². The third kappa shape index (κ3) is 7.62. The number of para-hydroxylation sites is 1. The fourth-order valence-electron chi connectivity index (χ4n) is 8.26. The fraction of sp³-hybridized carbons (Fsp3) is 0.538. The van der Waals surface area contributed by atoms with Crippen LogP contribution in [0.15, 0.2) is 54.0 Å². The number of hydrogen-bond donors (Lipinski definition) is 2. The van der Waals surface area contributed by atoms with E-state index < -0.39 is 52.0 Å². The summed E-state index contributed by atoms with van der Waals surface area (Å²) in [5.41, 5.74) is -5.14. The van der Waals surface area contributed by atoms with Gasteiger partial charge in [-0.2, -0.15) is 13.2 Å². The van der Waals surface area contributed by atoms with E-state index in [1.54, 1.807) is 47.5 Å². The number of alkyl halides is 3. The minimum Gasteiger partial charge on any atom is -0.490 e. The molecule has 2 aromatic heterocycles. The van der Waals surface area contributed by atoms with Gasteiger partial charge in [0, 0.05) is 54.5 Å². The molecule has 3 aromatic rings. The van der Waals surface area contributed by atoms with E-state index in [1.807, 2.05) is 13.8 Å². The van der Waals surface area contributed by atoms with Crippen LogP contribution in [0.2, 0.25) is 0 Å². The Hall–Kier alpha value is -4.17. The van der Waals surface area contributed by atoms with Gasteiger partial charge in [0.05, 0.1) is 28.7 Å². The zero-order chi connectivity index (χ0) is 38.2. The molecule has 1 saturated carbocycles. The normalized spacial score (nSPS) is 25.9. The first-order valence-electron chi connectivity index (χ1n) is 18.2. The molecular weight excluding hydrogens is 712 g/mol. The Kier molecular flexibility index (Phi) is 10.9. The number of aliphatic hydroxyl groups is 1. The van der Waals surface area contributed by atoms with Crippen LogP contribution in [-0.4, -0.2) is 80.2 Å². The topological polar surface area (TPSA) is 130 Å². The van der Waals surface area contributed by atoms with Crippen molar-refractivity contribution in [1.82, 2.24) is 14.8 Å². The average Bonchev–Trinajstić information content (AvgIpc) is 3.73. The van der Waals surface area contributed by atoms with Crippen molar-refractivity contribution in [3.8, 4) is 11.5 Å². The van der Waals surface area contributed by atoms with E-state index in [9.17, 15) is 37.8 Å². The third-order valence-corrected chi connectivity index (χ3v) is 12.0. The van der Waals surface area contributed by atoms with Gasteiger partial charge in [0.2, 0.25) is 5.60 Å². The highest BCUT2D eigenvalue weighted by atomic mass is 32.1. The molecule has 0 bridgehead atoms. The molecule has 4 atom stereocenters. The Bertz CT molecular complexity index is 1830. The van der Waals surface area contributed by atoms with Gasteiger partial charge in [-0.15, -0.1) is 11.3 Å². The Morgan fingerprint density at radius 2 is 1.79 bits per heavy atom. The quantitative estimate of drug-likeness (QED) is 0.222. The molecule has 0 unspecified atom stereocenters. The molecule has 3 fully saturated rings. The maximum Gasteiger partial charge on any atom is 0.418 e. The highest BCUT2D eigenvalue weighted by Gasteiger charge is 2.56. The Morgan fingerprint density at radius 3 is 2.43 bits per heavy atom. The van der Waals surface area contributed by atoms with Crippen molar-refractivity contribution in [3.05, 3.63) is 75.7 Å². The molecule has 2 saturated heterocycles. The van der Waals surface area contributed by atoms with Gasteiger partial charge in [-0.3, -0.25) is 19.4 Å². The molecule has 53 heavy (non-hydrogen) atoms. The van der Waals surface area contributed by atoms with Gasteiger partial charge in [0.25, 0.3) is 11.8 Å². The number of amides is 2.